The highest BCUT2D eigenvalue weighted by atomic mass is 32.1. The Labute approximate surface area is 138 Å². The van der Waals surface area contributed by atoms with E-state index in [0.29, 0.717) is 12.8 Å². The van der Waals surface area contributed by atoms with Gasteiger partial charge in [0, 0.05) is 31.0 Å². The van der Waals surface area contributed by atoms with Gasteiger partial charge in [-0.05, 0) is 37.3 Å². The number of aryl methyl sites for hydroxylation is 1. The summed E-state index contributed by atoms with van der Waals surface area (Å²) >= 11 is 1.64. The number of thiophene rings is 1. The molecule has 1 fully saturated rings. The average Bonchev–Trinajstić information content (AvgIpc) is 3.04. The summed E-state index contributed by atoms with van der Waals surface area (Å²) in [6, 6.07) is 5.91. The van der Waals surface area contributed by atoms with Gasteiger partial charge < -0.3 is 10.0 Å². The Bertz CT molecular complexity index is 825. The van der Waals surface area contributed by atoms with Crippen molar-refractivity contribution >= 4 is 27.4 Å². The highest BCUT2D eigenvalue weighted by Crippen LogP contribution is 2.36. The Hall–Kier alpha value is -2.05. The second-order valence-electron chi connectivity index (χ2n) is 5.99. The fraction of sp³-hybridized carbons (Fsp3) is 0.353. The fourth-order valence-electron chi connectivity index (χ4n) is 3.20. The van der Waals surface area contributed by atoms with E-state index < -0.39 is 5.60 Å². The van der Waals surface area contributed by atoms with E-state index in [1.165, 1.54) is 0 Å². The van der Waals surface area contributed by atoms with E-state index in [1.54, 1.807) is 23.7 Å². The number of piperidine rings is 1. The van der Waals surface area contributed by atoms with Crippen LogP contribution in [0.2, 0.25) is 0 Å². The van der Waals surface area contributed by atoms with Gasteiger partial charge in [-0.15, -0.1) is 11.3 Å². The summed E-state index contributed by atoms with van der Waals surface area (Å²) in [4.78, 5) is 16.6. The van der Waals surface area contributed by atoms with Crippen molar-refractivity contribution in [1.29, 1.82) is 0 Å². The van der Waals surface area contributed by atoms with Gasteiger partial charge in [-0.3, -0.25) is 4.98 Å². The van der Waals surface area contributed by atoms with Crippen LogP contribution >= 0.6 is 11.3 Å². The van der Waals surface area contributed by atoms with E-state index in [4.69, 9.17) is 0 Å². The van der Waals surface area contributed by atoms with Crippen molar-refractivity contribution in [3.8, 4) is 0 Å². The minimum atomic E-state index is -0.791. The zero-order chi connectivity index (χ0) is 15.9. The van der Waals surface area contributed by atoms with E-state index in [-0.39, 0.29) is 0 Å². The number of nitrogens with zero attached hydrogens (tertiary/aromatic N) is 4. The second-order valence-corrected chi connectivity index (χ2v) is 6.89. The smallest absolute Gasteiger partial charge is 0.141 e. The third kappa shape index (κ3) is 2.58. The fourth-order valence-corrected chi connectivity index (χ4v) is 4.00. The van der Waals surface area contributed by atoms with Crippen LogP contribution in [-0.4, -0.2) is 33.1 Å². The number of hydrogen-bond acceptors (Lipinski definition) is 6. The van der Waals surface area contributed by atoms with Gasteiger partial charge in [-0.25, -0.2) is 9.97 Å². The molecule has 118 valence electrons. The van der Waals surface area contributed by atoms with Gasteiger partial charge in [0.05, 0.1) is 11.0 Å². The summed E-state index contributed by atoms with van der Waals surface area (Å²) in [5.74, 6) is 1.78. The SMILES string of the molecule is Cc1nc(N2CCC(O)(c3cccnc3)CC2)c2ccsc2n1. The molecule has 23 heavy (non-hydrogen) atoms. The quantitative estimate of drug-likeness (QED) is 0.784. The summed E-state index contributed by atoms with van der Waals surface area (Å²) in [7, 11) is 0. The molecule has 6 heteroatoms. The molecule has 0 aromatic carbocycles. The zero-order valence-corrected chi connectivity index (χ0v) is 13.8. The number of fused-ring (bicyclic) bond motifs is 1. The molecular weight excluding hydrogens is 308 g/mol. The first kappa shape index (κ1) is 14.5. The first-order valence-electron chi connectivity index (χ1n) is 7.75. The summed E-state index contributed by atoms with van der Waals surface area (Å²) < 4.78 is 0. The number of hydrogen-bond donors (Lipinski definition) is 1. The minimum Gasteiger partial charge on any atom is -0.385 e. The molecule has 3 aromatic heterocycles. The van der Waals surface area contributed by atoms with E-state index in [1.807, 2.05) is 19.1 Å². The van der Waals surface area contributed by atoms with E-state index in [2.05, 4.69) is 31.3 Å². The summed E-state index contributed by atoms with van der Waals surface area (Å²) in [6.45, 7) is 3.47. The highest BCUT2D eigenvalue weighted by molar-refractivity contribution is 7.16. The molecule has 0 atom stereocenters. The van der Waals surface area contributed by atoms with Crippen molar-refractivity contribution in [3.05, 3.63) is 47.4 Å². The molecular formula is C17H18N4OS. The van der Waals surface area contributed by atoms with Crippen LogP contribution in [0.5, 0.6) is 0 Å². The first-order chi connectivity index (χ1) is 11.2. The van der Waals surface area contributed by atoms with Crippen LogP contribution in [0.15, 0.2) is 36.0 Å². The highest BCUT2D eigenvalue weighted by Gasteiger charge is 2.35. The molecule has 4 rings (SSSR count). The van der Waals surface area contributed by atoms with Crippen molar-refractivity contribution in [2.24, 2.45) is 0 Å². The average molecular weight is 326 g/mol. The summed E-state index contributed by atoms with van der Waals surface area (Å²) in [6.07, 6.45) is 4.85. The second kappa shape index (κ2) is 5.54. The largest absolute Gasteiger partial charge is 0.385 e. The van der Waals surface area contributed by atoms with Crippen LogP contribution in [0.25, 0.3) is 10.2 Å². The molecule has 1 saturated heterocycles. The molecule has 5 nitrogen and oxygen atoms in total. The Morgan fingerprint density at radius 2 is 2.04 bits per heavy atom. The van der Waals surface area contributed by atoms with Gasteiger partial charge in [-0.2, -0.15) is 0 Å². The maximum atomic E-state index is 10.9. The van der Waals surface area contributed by atoms with Crippen LogP contribution in [0.4, 0.5) is 5.82 Å². The molecule has 0 bridgehead atoms. The van der Waals surface area contributed by atoms with Crippen LogP contribution in [-0.2, 0) is 5.60 Å². The monoisotopic (exact) mass is 326 g/mol. The molecule has 1 aliphatic rings. The van der Waals surface area contributed by atoms with Gasteiger partial charge in [0.15, 0.2) is 0 Å². The molecule has 4 heterocycles. The molecule has 0 radical (unpaired) electrons. The van der Waals surface area contributed by atoms with E-state index >= 15 is 0 Å². The third-order valence-electron chi connectivity index (χ3n) is 4.51. The topological polar surface area (TPSA) is 62.1 Å². The number of anilines is 1. The zero-order valence-electron chi connectivity index (χ0n) is 12.9. The predicted molar refractivity (Wildman–Crippen MR) is 91.7 cm³/mol. The molecule has 0 amide bonds. The Balaban J connectivity index is 1.61. The van der Waals surface area contributed by atoms with Crippen molar-refractivity contribution < 1.29 is 5.11 Å². The molecule has 0 unspecified atom stereocenters. The number of rotatable bonds is 2. The minimum absolute atomic E-state index is 0.674. The number of aromatic nitrogens is 3. The Morgan fingerprint density at radius 1 is 1.22 bits per heavy atom. The van der Waals surface area contributed by atoms with Crippen molar-refractivity contribution in [2.75, 3.05) is 18.0 Å². The lowest BCUT2D eigenvalue weighted by atomic mass is 9.85. The molecule has 3 aromatic rings. The third-order valence-corrected chi connectivity index (χ3v) is 5.31. The van der Waals surface area contributed by atoms with E-state index in [9.17, 15) is 5.11 Å². The van der Waals surface area contributed by atoms with Gasteiger partial charge in [-0.1, -0.05) is 6.07 Å². The van der Waals surface area contributed by atoms with E-state index in [0.717, 1.165) is 40.5 Å². The van der Waals surface area contributed by atoms with Gasteiger partial charge in [0.25, 0.3) is 0 Å². The predicted octanol–water partition coefficient (Wildman–Crippen LogP) is 2.88. The molecule has 0 spiro atoms. The lowest BCUT2D eigenvalue weighted by Crippen LogP contribution is -2.43. The lowest BCUT2D eigenvalue weighted by Gasteiger charge is -2.39. The van der Waals surface area contributed by atoms with Gasteiger partial charge in [0.1, 0.15) is 16.5 Å². The molecule has 0 aliphatic carbocycles. The number of aliphatic hydroxyl groups is 1. The maximum absolute atomic E-state index is 10.9. The van der Waals surface area contributed by atoms with Gasteiger partial charge in [0.2, 0.25) is 0 Å². The lowest BCUT2D eigenvalue weighted by molar-refractivity contribution is 0.0114. The first-order valence-corrected chi connectivity index (χ1v) is 8.63. The van der Waals surface area contributed by atoms with Crippen LogP contribution in [0.1, 0.15) is 24.2 Å². The van der Waals surface area contributed by atoms with Gasteiger partial charge >= 0.3 is 0 Å². The maximum Gasteiger partial charge on any atom is 0.141 e. The van der Waals surface area contributed by atoms with Crippen molar-refractivity contribution in [3.63, 3.8) is 0 Å². The summed E-state index contributed by atoms with van der Waals surface area (Å²) in [5.41, 5.74) is 0.111. The Morgan fingerprint density at radius 3 is 2.78 bits per heavy atom. The Kier molecular flexibility index (Phi) is 3.50. The molecule has 1 aliphatic heterocycles. The van der Waals surface area contributed by atoms with Crippen LogP contribution in [0, 0.1) is 6.92 Å². The normalized spacial score (nSPS) is 17.6. The number of pyridine rings is 1. The van der Waals surface area contributed by atoms with Crippen LogP contribution < -0.4 is 4.90 Å². The standard InChI is InChI=1S/C17H18N4OS/c1-12-19-15(14-4-10-23-16(14)20-12)21-8-5-17(22,6-9-21)13-3-2-7-18-11-13/h2-4,7,10-11,22H,5-6,8-9H2,1H3. The molecule has 0 saturated carbocycles. The summed E-state index contributed by atoms with van der Waals surface area (Å²) in [5, 5.41) is 14.1. The van der Waals surface area contributed by atoms with Crippen molar-refractivity contribution in [2.45, 2.75) is 25.4 Å². The van der Waals surface area contributed by atoms with Crippen LogP contribution in [0.3, 0.4) is 0 Å². The molecule has 1 N–H and O–H groups in total. The van der Waals surface area contributed by atoms with Crippen molar-refractivity contribution in [1.82, 2.24) is 15.0 Å².